The lowest BCUT2D eigenvalue weighted by Crippen LogP contribution is -2.49. The van der Waals surface area contributed by atoms with Gasteiger partial charge in [-0.2, -0.15) is 0 Å². The second-order valence-corrected chi connectivity index (χ2v) is 15.6. The molecule has 1 saturated heterocycles. The maximum Gasteiger partial charge on any atom is 0.281 e. The molecule has 140 valence electrons. The van der Waals surface area contributed by atoms with E-state index in [0.717, 1.165) is 30.5 Å². The van der Waals surface area contributed by atoms with Gasteiger partial charge in [0.25, 0.3) is 7.41 Å². The van der Waals surface area contributed by atoms with Crippen LogP contribution in [0.5, 0.6) is 0 Å². The highest BCUT2D eigenvalue weighted by Crippen LogP contribution is 2.71. The molecule has 3 aliphatic carbocycles. The molecule has 2 bridgehead atoms. The van der Waals surface area contributed by atoms with Crippen molar-refractivity contribution in [1.82, 2.24) is 4.81 Å². The third-order valence-corrected chi connectivity index (χ3v) is 13.5. The van der Waals surface area contributed by atoms with Gasteiger partial charge in [0.2, 0.25) is 0 Å². The smallest absolute Gasteiger partial charge is 0.281 e. The minimum atomic E-state index is -1.74. The van der Waals surface area contributed by atoms with Crippen LogP contribution in [0.15, 0.2) is 0 Å². The van der Waals surface area contributed by atoms with Crippen LogP contribution in [0.2, 0.25) is 18.1 Å². The molecule has 1 heterocycles. The highest BCUT2D eigenvalue weighted by Gasteiger charge is 2.70. The Bertz CT molecular complexity index is 548. The maximum absolute atomic E-state index is 11.5. The molecule has 0 N–H and O–H groups in total. The molecule has 0 amide bonds. The summed E-state index contributed by atoms with van der Waals surface area (Å²) in [4.78, 5) is 14.1. The Morgan fingerprint density at radius 1 is 1.28 bits per heavy atom. The fourth-order valence-corrected chi connectivity index (χ4v) is 8.11. The summed E-state index contributed by atoms with van der Waals surface area (Å²) in [6, 6.07) is 1.14. The van der Waals surface area contributed by atoms with Gasteiger partial charge >= 0.3 is 0 Å². The fourth-order valence-electron chi connectivity index (χ4n) is 7.09. The summed E-state index contributed by atoms with van der Waals surface area (Å²) >= 11 is 0. The van der Waals surface area contributed by atoms with Crippen LogP contribution in [0.25, 0.3) is 0 Å². The molecule has 5 unspecified atom stereocenters. The lowest BCUT2D eigenvalue weighted by atomic mass is 9.64. The van der Waals surface area contributed by atoms with Crippen LogP contribution in [-0.2, 0) is 9.22 Å². The largest absolute Gasteiger partial charge is 0.415 e. The van der Waals surface area contributed by atoms with Crippen LogP contribution >= 0.6 is 0 Å². The standard InChI is InChI=1S/C20H36BNO2Si/c1-19(2,3)25(4,5)24-12-16-18-14-8-9-15(11-14)20(18)10-6-7-17(20)22(16)21-13-23/h13-18,21H,6-12H2,1-5H3/t14?,15?,16-,17?,18?,20?/m1/s1. The normalized spacial score (nSPS) is 43.3. The summed E-state index contributed by atoms with van der Waals surface area (Å²) in [5, 5.41) is 0.253. The summed E-state index contributed by atoms with van der Waals surface area (Å²) in [5.41, 5.74) is 0.535. The van der Waals surface area contributed by atoms with Crippen molar-refractivity contribution in [2.45, 2.75) is 89.5 Å². The van der Waals surface area contributed by atoms with Crippen molar-refractivity contribution < 1.29 is 9.22 Å². The van der Waals surface area contributed by atoms with Crippen LogP contribution in [0, 0.1) is 23.2 Å². The maximum atomic E-state index is 11.5. The molecule has 6 atom stereocenters. The first-order valence-corrected chi connectivity index (χ1v) is 13.5. The van der Waals surface area contributed by atoms with Gasteiger partial charge in [-0.25, -0.2) is 0 Å². The van der Waals surface area contributed by atoms with E-state index in [1.165, 1.54) is 38.5 Å². The first kappa shape index (κ1) is 18.2. The van der Waals surface area contributed by atoms with Crippen molar-refractivity contribution in [3.8, 4) is 0 Å². The SMILES string of the molecule is CC(C)(C)[Si](C)(C)OC[C@@H]1C2C3CCC(C3)C23CCCC3N1BC=O. The number of nitrogens with zero attached hydrogens (tertiary/aromatic N) is 1. The van der Waals surface area contributed by atoms with E-state index in [9.17, 15) is 4.79 Å². The first-order chi connectivity index (χ1) is 11.7. The first-order valence-electron chi connectivity index (χ1n) is 10.6. The average Bonchev–Trinajstić information content (AvgIpc) is 3.23. The summed E-state index contributed by atoms with van der Waals surface area (Å²) in [7, 11) is -1.12. The van der Waals surface area contributed by atoms with Crippen molar-refractivity contribution in [3.05, 3.63) is 0 Å². The van der Waals surface area contributed by atoms with E-state index in [-0.39, 0.29) is 5.04 Å². The van der Waals surface area contributed by atoms with Gasteiger partial charge in [0, 0.05) is 18.7 Å². The van der Waals surface area contributed by atoms with E-state index in [1.807, 2.05) is 0 Å². The Balaban J connectivity index is 1.61. The lowest BCUT2D eigenvalue weighted by molar-refractivity contribution is 0.0910. The van der Waals surface area contributed by atoms with Gasteiger partial charge in [0.1, 0.15) is 0 Å². The van der Waals surface area contributed by atoms with Crippen molar-refractivity contribution in [3.63, 3.8) is 0 Å². The fraction of sp³-hybridized carbons (Fsp3) is 0.950. The monoisotopic (exact) mass is 361 g/mol. The number of fused-ring (bicyclic) bond motifs is 3. The van der Waals surface area contributed by atoms with Crippen LogP contribution in [0.4, 0.5) is 0 Å². The van der Waals surface area contributed by atoms with Crippen LogP contribution in [0.1, 0.15) is 59.3 Å². The molecule has 4 rings (SSSR count). The minimum Gasteiger partial charge on any atom is -0.415 e. The van der Waals surface area contributed by atoms with E-state index in [1.54, 1.807) is 0 Å². The van der Waals surface area contributed by atoms with Crippen LogP contribution in [0.3, 0.4) is 0 Å². The van der Waals surface area contributed by atoms with E-state index in [2.05, 4.69) is 38.7 Å². The van der Waals surface area contributed by atoms with Crippen molar-refractivity contribution in [2.75, 3.05) is 6.61 Å². The zero-order valence-electron chi connectivity index (χ0n) is 16.9. The molecular formula is C20H36BNO2Si. The van der Waals surface area contributed by atoms with Crippen LogP contribution < -0.4 is 0 Å². The number of carbonyl (C=O) groups excluding carboxylic acids is 1. The van der Waals surface area contributed by atoms with Crippen molar-refractivity contribution >= 4 is 21.9 Å². The molecule has 0 aromatic heterocycles. The molecule has 25 heavy (non-hydrogen) atoms. The number of hydrogen-bond acceptors (Lipinski definition) is 3. The number of hydrogen-bond donors (Lipinski definition) is 0. The highest BCUT2D eigenvalue weighted by atomic mass is 28.4. The molecule has 0 aromatic carbocycles. The second-order valence-electron chi connectivity index (χ2n) is 10.8. The third kappa shape index (κ3) is 2.48. The van der Waals surface area contributed by atoms with Gasteiger partial charge in [-0.15, -0.1) is 0 Å². The van der Waals surface area contributed by atoms with E-state index < -0.39 is 8.32 Å². The predicted octanol–water partition coefficient (Wildman–Crippen LogP) is 3.82. The van der Waals surface area contributed by atoms with Gasteiger partial charge in [0.15, 0.2) is 8.32 Å². The predicted molar refractivity (Wildman–Crippen MR) is 107 cm³/mol. The number of rotatable bonds is 5. The molecule has 1 spiro atoms. The van der Waals surface area contributed by atoms with Crippen molar-refractivity contribution in [1.29, 1.82) is 0 Å². The van der Waals surface area contributed by atoms with Crippen molar-refractivity contribution in [2.24, 2.45) is 23.2 Å². The zero-order chi connectivity index (χ0) is 18.0. The Labute approximate surface area is 155 Å². The minimum absolute atomic E-state index is 0.253. The summed E-state index contributed by atoms with van der Waals surface area (Å²) < 4.78 is 6.71. The summed E-state index contributed by atoms with van der Waals surface area (Å²) in [6.45, 7) is 12.6. The molecule has 3 saturated carbocycles. The summed E-state index contributed by atoms with van der Waals surface area (Å²) in [6.07, 6.45) is 9.58. The van der Waals surface area contributed by atoms with Gasteiger partial charge in [0.05, 0.1) is 6.19 Å². The zero-order valence-corrected chi connectivity index (χ0v) is 17.9. The molecule has 5 heteroatoms. The average molecular weight is 361 g/mol. The Kier molecular flexibility index (Phi) is 4.33. The van der Waals surface area contributed by atoms with Gasteiger partial charge in [-0.05, 0) is 73.4 Å². The Morgan fingerprint density at radius 3 is 2.72 bits per heavy atom. The second kappa shape index (κ2) is 5.93. The molecule has 0 aromatic rings. The molecule has 1 aliphatic heterocycles. The lowest BCUT2D eigenvalue weighted by Gasteiger charge is -2.41. The molecule has 3 nitrogen and oxygen atoms in total. The van der Waals surface area contributed by atoms with E-state index >= 15 is 0 Å². The van der Waals surface area contributed by atoms with Gasteiger partial charge in [-0.1, -0.05) is 27.2 Å². The van der Waals surface area contributed by atoms with Crippen LogP contribution in [-0.4, -0.2) is 45.4 Å². The topological polar surface area (TPSA) is 29.5 Å². The van der Waals surface area contributed by atoms with Gasteiger partial charge < -0.3 is 14.0 Å². The molecule has 0 radical (unpaired) electrons. The molecule has 4 fully saturated rings. The Hall–Kier alpha value is -0.128. The quantitative estimate of drug-likeness (QED) is 0.551. The Morgan fingerprint density at radius 2 is 2.04 bits per heavy atom. The molecular weight excluding hydrogens is 325 g/mol. The molecule has 4 aliphatic rings. The van der Waals surface area contributed by atoms with E-state index in [4.69, 9.17) is 4.43 Å². The number of carbonyl (C=O) groups is 1. The highest BCUT2D eigenvalue weighted by molar-refractivity contribution is 6.74. The van der Waals surface area contributed by atoms with Gasteiger partial charge in [-0.3, -0.25) is 0 Å². The van der Waals surface area contributed by atoms with E-state index in [0.29, 0.717) is 24.9 Å². The third-order valence-electron chi connectivity index (χ3n) is 9.02. The summed E-state index contributed by atoms with van der Waals surface area (Å²) in [5.74, 6) is 2.63.